The number of nitrogens with one attached hydrogen (secondary N) is 3. The molecular weight excluding hydrogens is 500 g/mol. The molecule has 0 bridgehead atoms. The number of carbonyl (C=O) groups is 2. The summed E-state index contributed by atoms with van der Waals surface area (Å²) in [6.45, 7) is 3.64. The smallest absolute Gasteiger partial charge is 0.323 e. The van der Waals surface area contributed by atoms with Crippen LogP contribution in [0, 0.1) is 19.8 Å². The number of H-pyrrole nitrogens is 1. The van der Waals surface area contributed by atoms with Crippen LogP contribution in [0.2, 0.25) is 0 Å². The number of sulfonamides is 1. The molecule has 2 aromatic rings. The average molecular weight is 533 g/mol. The first-order chi connectivity index (χ1) is 17.6. The number of nitrogens with zero attached hydrogens (tertiary/aromatic N) is 3. The number of carbonyl (C=O) groups excluding carboxylic acids is 1. The number of aromatic nitrogens is 2. The summed E-state index contributed by atoms with van der Waals surface area (Å²) in [4.78, 5) is 38.0. The molecule has 2 heterocycles. The predicted molar refractivity (Wildman–Crippen MR) is 135 cm³/mol. The van der Waals surface area contributed by atoms with E-state index in [2.05, 4.69) is 25.2 Å². The van der Waals surface area contributed by atoms with E-state index in [0.29, 0.717) is 35.7 Å². The molecule has 37 heavy (non-hydrogen) atoms. The van der Waals surface area contributed by atoms with Crippen LogP contribution in [0.1, 0.15) is 43.2 Å². The van der Waals surface area contributed by atoms with E-state index in [0.717, 1.165) is 43.1 Å². The van der Waals surface area contributed by atoms with Gasteiger partial charge in [-0.2, -0.15) is 4.72 Å². The molecule has 4 N–H and O–H groups in total. The van der Waals surface area contributed by atoms with Crippen LogP contribution in [0.3, 0.4) is 0 Å². The molecule has 1 saturated carbocycles. The molecule has 0 saturated heterocycles. The van der Waals surface area contributed by atoms with Gasteiger partial charge in [0.2, 0.25) is 16.4 Å². The maximum atomic E-state index is 13.0. The first-order valence-corrected chi connectivity index (χ1v) is 13.6. The van der Waals surface area contributed by atoms with Gasteiger partial charge >= 0.3 is 5.97 Å². The molecule has 1 amide bonds. The van der Waals surface area contributed by atoms with Gasteiger partial charge in [-0.15, -0.1) is 0 Å². The number of hydrogen-bond donors (Lipinski definition) is 4. The average Bonchev–Trinajstić information content (AvgIpc) is 3.52. The number of carboxylic acid groups (broad SMARTS) is 1. The highest BCUT2D eigenvalue weighted by Crippen LogP contribution is 2.41. The number of amidine groups is 1. The van der Waals surface area contributed by atoms with Crippen molar-refractivity contribution in [2.24, 2.45) is 11.1 Å². The number of aromatic amines is 1. The van der Waals surface area contributed by atoms with Gasteiger partial charge in [0, 0.05) is 18.9 Å². The predicted octanol–water partition coefficient (Wildman–Crippen LogP) is 1.99. The molecule has 1 aromatic carbocycles. The summed E-state index contributed by atoms with van der Waals surface area (Å²) in [5, 5.41) is 17.1. The van der Waals surface area contributed by atoms with E-state index in [1.807, 2.05) is 0 Å². The lowest BCUT2D eigenvalue weighted by molar-refractivity contribution is -0.139. The lowest BCUT2D eigenvalue weighted by Crippen LogP contribution is -2.50. The molecule has 1 aliphatic carbocycles. The third kappa shape index (κ3) is 6.10. The number of benzene rings is 1. The zero-order chi connectivity index (χ0) is 26.6. The van der Waals surface area contributed by atoms with Crippen molar-refractivity contribution < 1.29 is 28.0 Å². The quantitative estimate of drug-likeness (QED) is 0.337. The van der Waals surface area contributed by atoms with Gasteiger partial charge in [-0.25, -0.2) is 13.4 Å². The minimum absolute atomic E-state index is 0.0256. The Balaban J connectivity index is 1.36. The summed E-state index contributed by atoms with van der Waals surface area (Å²) in [6, 6.07) is 3.43. The Morgan fingerprint density at radius 2 is 2.03 bits per heavy atom. The highest BCUT2D eigenvalue weighted by molar-refractivity contribution is 7.89. The Bertz CT molecular complexity index is 1230. The molecule has 2 aliphatic rings. The van der Waals surface area contributed by atoms with E-state index >= 15 is 0 Å². The largest absolute Gasteiger partial charge is 0.480 e. The summed E-state index contributed by atoms with van der Waals surface area (Å²) in [5.41, 5.74) is 0.442. The fourth-order valence-corrected chi connectivity index (χ4v) is 6.63. The van der Waals surface area contributed by atoms with Crippen LogP contribution >= 0.6 is 0 Å². The molecule has 0 radical (unpaired) electrons. The van der Waals surface area contributed by atoms with Crippen molar-refractivity contribution in [2.45, 2.75) is 62.5 Å². The second kappa shape index (κ2) is 10.9. The molecular formula is C24H32N6O6S. The summed E-state index contributed by atoms with van der Waals surface area (Å²) < 4.78 is 28.3. The number of oxime groups is 1. The molecule has 200 valence electrons. The topological polar surface area (TPSA) is 166 Å². The van der Waals surface area contributed by atoms with Crippen molar-refractivity contribution in [3.05, 3.63) is 41.7 Å². The number of anilines is 1. The number of hydrogen-bond acceptors (Lipinski definition) is 8. The zero-order valence-electron chi connectivity index (χ0n) is 20.8. The number of rotatable bonds is 10. The SMILES string of the molecule is Cc1cccc(C)c1S(=O)(=O)N[C@@H](CN(C=O)C1=NOC2(CCC(CNc3ncc[nH]3)CC2)C1)C(=O)O. The molecule has 1 spiro atoms. The van der Waals surface area contributed by atoms with Gasteiger partial charge in [0.25, 0.3) is 0 Å². The Kier molecular flexibility index (Phi) is 7.83. The minimum Gasteiger partial charge on any atom is -0.480 e. The maximum Gasteiger partial charge on any atom is 0.323 e. The monoisotopic (exact) mass is 532 g/mol. The third-order valence-corrected chi connectivity index (χ3v) is 8.79. The Hall–Kier alpha value is -3.45. The van der Waals surface area contributed by atoms with E-state index in [1.165, 1.54) is 0 Å². The van der Waals surface area contributed by atoms with E-state index in [4.69, 9.17) is 4.84 Å². The van der Waals surface area contributed by atoms with Crippen LogP contribution in [-0.2, 0) is 24.4 Å². The molecule has 4 rings (SSSR count). The fourth-order valence-electron chi connectivity index (χ4n) is 4.98. The zero-order valence-corrected chi connectivity index (χ0v) is 21.6. The maximum absolute atomic E-state index is 13.0. The van der Waals surface area contributed by atoms with Crippen molar-refractivity contribution >= 4 is 34.2 Å². The fraction of sp³-hybridized carbons (Fsp3) is 0.500. The summed E-state index contributed by atoms with van der Waals surface area (Å²) in [7, 11) is -4.16. The van der Waals surface area contributed by atoms with Crippen molar-refractivity contribution in [2.75, 3.05) is 18.4 Å². The molecule has 0 unspecified atom stereocenters. The lowest BCUT2D eigenvalue weighted by atomic mass is 9.77. The van der Waals surface area contributed by atoms with Crippen molar-refractivity contribution in [1.82, 2.24) is 19.6 Å². The van der Waals surface area contributed by atoms with E-state index in [1.54, 1.807) is 44.4 Å². The molecule has 13 heteroatoms. The highest BCUT2D eigenvalue weighted by atomic mass is 32.2. The number of aliphatic carboxylic acids is 1. The lowest BCUT2D eigenvalue weighted by Gasteiger charge is -2.35. The van der Waals surface area contributed by atoms with Crippen LogP contribution in [0.5, 0.6) is 0 Å². The first kappa shape index (κ1) is 26.6. The minimum atomic E-state index is -4.16. The van der Waals surface area contributed by atoms with Crippen molar-refractivity contribution in [3.8, 4) is 0 Å². The van der Waals surface area contributed by atoms with E-state index in [9.17, 15) is 23.1 Å². The molecule has 1 aromatic heterocycles. The molecule has 1 fully saturated rings. The van der Waals surface area contributed by atoms with Gasteiger partial charge < -0.3 is 20.2 Å². The summed E-state index contributed by atoms with van der Waals surface area (Å²) in [5.74, 6) is 0.0484. The highest BCUT2D eigenvalue weighted by Gasteiger charge is 2.44. The van der Waals surface area contributed by atoms with Gasteiger partial charge in [0.1, 0.15) is 11.6 Å². The summed E-state index contributed by atoms with van der Waals surface area (Å²) >= 11 is 0. The van der Waals surface area contributed by atoms with E-state index in [-0.39, 0.29) is 4.90 Å². The van der Waals surface area contributed by atoms with Crippen LogP contribution in [0.25, 0.3) is 0 Å². The number of carboxylic acids is 1. The Morgan fingerprint density at radius 1 is 1.32 bits per heavy atom. The molecule has 1 aliphatic heterocycles. The number of imidazole rings is 1. The van der Waals surface area contributed by atoms with Crippen molar-refractivity contribution in [1.29, 1.82) is 0 Å². The van der Waals surface area contributed by atoms with Crippen LogP contribution in [0.15, 0.2) is 40.6 Å². The van der Waals surface area contributed by atoms with Gasteiger partial charge in [0.05, 0.1) is 17.9 Å². The third-order valence-electron chi connectivity index (χ3n) is 7.01. The van der Waals surface area contributed by atoms with Crippen molar-refractivity contribution in [3.63, 3.8) is 0 Å². The van der Waals surface area contributed by atoms with Gasteiger partial charge in [-0.05, 0) is 56.6 Å². The normalized spacial score (nSPS) is 22.2. The second-order valence-electron chi connectivity index (χ2n) is 9.71. The van der Waals surface area contributed by atoms with Crippen LogP contribution in [0.4, 0.5) is 5.95 Å². The van der Waals surface area contributed by atoms with Crippen LogP contribution < -0.4 is 10.0 Å². The Labute approximate surface area is 215 Å². The van der Waals surface area contributed by atoms with Gasteiger partial charge in [-0.1, -0.05) is 23.4 Å². The molecule has 1 atom stereocenters. The van der Waals surface area contributed by atoms with Crippen LogP contribution in [-0.4, -0.2) is 71.3 Å². The Morgan fingerprint density at radius 3 is 2.62 bits per heavy atom. The molecule has 12 nitrogen and oxygen atoms in total. The van der Waals surface area contributed by atoms with Gasteiger partial charge in [-0.3, -0.25) is 14.5 Å². The number of amides is 1. The van der Waals surface area contributed by atoms with Gasteiger partial charge in [0.15, 0.2) is 11.8 Å². The second-order valence-corrected chi connectivity index (χ2v) is 11.4. The standard InChI is InChI=1S/C24H32N6O6S/c1-16-4-3-5-17(2)21(16)37(34,35)29-19(22(32)33)14-30(15-31)20-12-24(36-28-20)8-6-18(7-9-24)13-27-23-25-10-11-26-23/h3-5,10-11,15,18-19,29H,6-9,12-14H2,1-2H3,(H,32,33)(H2,25,26,27)/t18?,19-,24?/m0/s1. The van der Waals surface area contributed by atoms with E-state index < -0.39 is 34.2 Å². The summed E-state index contributed by atoms with van der Waals surface area (Å²) in [6.07, 6.45) is 7.51. The first-order valence-electron chi connectivity index (χ1n) is 12.1. The number of aryl methyl sites for hydroxylation is 2.